The first-order valence-corrected chi connectivity index (χ1v) is 9.12. The number of aromatic amines is 1. The SMILES string of the molecule is C=CCCOc1cccc(-c2nnc(CCC(=O)NC(C)CC)c(=O)[nH]2)c1. The van der Waals surface area contributed by atoms with E-state index in [0.717, 1.165) is 12.8 Å². The van der Waals surface area contributed by atoms with Gasteiger partial charge in [-0.2, -0.15) is 0 Å². The fourth-order valence-electron chi connectivity index (χ4n) is 2.33. The summed E-state index contributed by atoms with van der Waals surface area (Å²) in [5.74, 6) is 0.948. The van der Waals surface area contributed by atoms with Gasteiger partial charge >= 0.3 is 0 Å². The van der Waals surface area contributed by atoms with Crippen LogP contribution in [0.4, 0.5) is 0 Å². The highest BCUT2D eigenvalue weighted by molar-refractivity contribution is 5.76. The normalized spacial score (nSPS) is 11.6. The maximum absolute atomic E-state index is 12.3. The zero-order valence-electron chi connectivity index (χ0n) is 15.8. The number of amides is 1. The van der Waals surface area contributed by atoms with Crippen molar-refractivity contribution in [3.8, 4) is 17.1 Å². The monoisotopic (exact) mass is 370 g/mol. The molecule has 1 aromatic carbocycles. The minimum Gasteiger partial charge on any atom is -0.493 e. The predicted octanol–water partition coefficient (Wildman–Crippen LogP) is 2.63. The number of nitrogens with one attached hydrogen (secondary N) is 2. The number of rotatable bonds is 10. The smallest absolute Gasteiger partial charge is 0.273 e. The molecular weight excluding hydrogens is 344 g/mol. The van der Waals surface area contributed by atoms with Crippen molar-refractivity contribution in [3.05, 3.63) is 53.0 Å². The van der Waals surface area contributed by atoms with Gasteiger partial charge in [0.1, 0.15) is 11.4 Å². The summed E-state index contributed by atoms with van der Waals surface area (Å²) in [6, 6.07) is 7.39. The van der Waals surface area contributed by atoms with Crippen molar-refractivity contribution in [2.45, 2.75) is 45.6 Å². The van der Waals surface area contributed by atoms with Crippen LogP contribution in [0.15, 0.2) is 41.7 Å². The summed E-state index contributed by atoms with van der Waals surface area (Å²) >= 11 is 0. The second kappa shape index (κ2) is 10.3. The Morgan fingerprint density at radius 2 is 2.22 bits per heavy atom. The molecule has 1 aromatic heterocycles. The van der Waals surface area contributed by atoms with Gasteiger partial charge in [-0.1, -0.05) is 25.1 Å². The Labute approximate surface area is 158 Å². The average Bonchev–Trinajstić information content (AvgIpc) is 2.67. The molecule has 0 saturated carbocycles. The molecule has 0 saturated heterocycles. The molecule has 27 heavy (non-hydrogen) atoms. The Bertz CT molecular complexity index is 832. The third-order valence-electron chi connectivity index (χ3n) is 4.07. The van der Waals surface area contributed by atoms with Crippen LogP contribution in [0.3, 0.4) is 0 Å². The highest BCUT2D eigenvalue weighted by Gasteiger charge is 2.11. The second-order valence-corrected chi connectivity index (χ2v) is 6.28. The van der Waals surface area contributed by atoms with Gasteiger partial charge < -0.3 is 15.0 Å². The number of ether oxygens (including phenoxy) is 1. The van der Waals surface area contributed by atoms with Crippen LogP contribution in [-0.2, 0) is 11.2 Å². The first-order valence-electron chi connectivity index (χ1n) is 9.12. The van der Waals surface area contributed by atoms with Gasteiger partial charge in [0.25, 0.3) is 5.56 Å². The summed E-state index contributed by atoms with van der Waals surface area (Å²) in [5.41, 5.74) is 0.613. The van der Waals surface area contributed by atoms with Gasteiger partial charge in [0.2, 0.25) is 5.91 Å². The van der Waals surface area contributed by atoms with Gasteiger partial charge in [-0.3, -0.25) is 9.59 Å². The van der Waals surface area contributed by atoms with E-state index in [2.05, 4.69) is 27.1 Å². The lowest BCUT2D eigenvalue weighted by molar-refractivity contribution is -0.121. The summed E-state index contributed by atoms with van der Waals surface area (Å²) < 4.78 is 5.61. The number of hydrogen-bond donors (Lipinski definition) is 2. The predicted molar refractivity (Wildman–Crippen MR) is 105 cm³/mol. The minimum absolute atomic E-state index is 0.0981. The minimum atomic E-state index is -0.339. The molecule has 0 spiro atoms. The van der Waals surface area contributed by atoms with E-state index in [0.29, 0.717) is 23.7 Å². The maximum atomic E-state index is 12.3. The molecule has 1 atom stereocenters. The molecule has 2 aromatic rings. The molecule has 2 N–H and O–H groups in total. The van der Waals surface area contributed by atoms with E-state index in [1.807, 2.05) is 32.0 Å². The Kier molecular flexibility index (Phi) is 7.73. The van der Waals surface area contributed by atoms with Crippen molar-refractivity contribution in [3.63, 3.8) is 0 Å². The van der Waals surface area contributed by atoms with Crippen LogP contribution in [-0.4, -0.2) is 33.7 Å². The van der Waals surface area contributed by atoms with Crippen LogP contribution in [0.2, 0.25) is 0 Å². The number of carbonyl (C=O) groups excluding carboxylic acids is 1. The number of aryl methyl sites for hydroxylation is 1. The van der Waals surface area contributed by atoms with E-state index in [-0.39, 0.29) is 36.0 Å². The quantitative estimate of drug-likeness (QED) is 0.495. The summed E-state index contributed by atoms with van der Waals surface area (Å²) in [4.78, 5) is 26.8. The van der Waals surface area contributed by atoms with E-state index in [4.69, 9.17) is 4.74 Å². The maximum Gasteiger partial charge on any atom is 0.273 e. The van der Waals surface area contributed by atoms with Crippen LogP contribution < -0.4 is 15.6 Å². The van der Waals surface area contributed by atoms with E-state index in [1.54, 1.807) is 12.1 Å². The van der Waals surface area contributed by atoms with Gasteiger partial charge in [0.05, 0.1) is 6.61 Å². The summed E-state index contributed by atoms with van der Waals surface area (Å²) in [5, 5.41) is 11.0. The van der Waals surface area contributed by atoms with Crippen molar-refractivity contribution in [1.29, 1.82) is 0 Å². The highest BCUT2D eigenvalue weighted by Crippen LogP contribution is 2.20. The zero-order valence-corrected chi connectivity index (χ0v) is 15.8. The van der Waals surface area contributed by atoms with Crippen LogP contribution >= 0.6 is 0 Å². The van der Waals surface area contributed by atoms with Crippen molar-refractivity contribution in [2.24, 2.45) is 0 Å². The number of nitrogens with zero attached hydrogens (tertiary/aromatic N) is 2. The van der Waals surface area contributed by atoms with Gasteiger partial charge in [-0.25, -0.2) is 0 Å². The number of hydrogen-bond acceptors (Lipinski definition) is 5. The third kappa shape index (κ3) is 6.36. The van der Waals surface area contributed by atoms with E-state index in [1.165, 1.54) is 0 Å². The molecule has 1 amide bonds. The van der Waals surface area contributed by atoms with Gasteiger partial charge in [0, 0.05) is 24.4 Å². The van der Waals surface area contributed by atoms with E-state index < -0.39 is 0 Å². The molecule has 1 unspecified atom stereocenters. The van der Waals surface area contributed by atoms with Crippen molar-refractivity contribution in [1.82, 2.24) is 20.5 Å². The average molecular weight is 370 g/mol. The van der Waals surface area contributed by atoms with Crippen LogP contribution in [0.5, 0.6) is 5.75 Å². The molecule has 0 aliphatic heterocycles. The molecule has 144 valence electrons. The molecule has 7 heteroatoms. The number of aromatic nitrogens is 3. The zero-order chi connectivity index (χ0) is 19.6. The lowest BCUT2D eigenvalue weighted by atomic mass is 10.2. The van der Waals surface area contributed by atoms with E-state index in [9.17, 15) is 9.59 Å². The standard InChI is InChI=1S/C20H26N4O3/c1-4-6-12-27-16-9-7-8-15(13-16)19-22-20(26)17(23-24-19)10-11-18(25)21-14(3)5-2/h4,7-9,13-14H,1,5-6,10-12H2,2-3H3,(H,21,25)(H,22,24,26). The molecule has 0 radical (unpaired) electrons. The summed E-state index contributed by atoms with van der Waals surface area (Å²) in [7, 11) is 0. The molecule has 1 heterocycles. The Morgan fingerprint density at radius 1 is 1.41 bits per heavy atom. The first-order chi connectivity index (χ1) is 13.0. The molecule has 2 rings (SSSR count). The van der Waals surface area contributed by atoms with Crippen molar-refractivity contribution >= 4 is 5.91 Å². The van der Waals surface area contributed by atoms with Gasteiger partial charge in [-0.15, -0.1) is 16.8 Å². The lowest BCUT2D eigenvalue weighted by Gasteiger charge is -2.10. The van der Waals surface area contributed by atoms with Crippen LogP contribution in [0, 0.1) is 0 Å². The van der Waals surface area contributed by atoms with Crippen LogP contribution in [0.25, 0.3) is 11.4 Å². The fraction of sp³-hybridized carbons (Fsp3) is 0.400. The molecule has 0 aliphatic carbocycles. The fourth-order valence-corrected chi connectivity index (χ4v) is 2.33. The Morgan fingerprint density at radius 3 is 2.93 bits per heavy atom. The number of benzene rings is 1. The summed E-state index contributed by atoms with van der Waals surface area (Å²) in [6.45, 7) is 8.13. The van der Waals surface area contributed by atoms with Crippen LogP contribution in [0.1, 0.15) is 38.8 Å². The van der Waals surface area contributed by atoms with E-state index >= 15 is 0 Å². The Balaban J connectivity index is 2.04. The van der Waals surface area contributed by atoms with Gasteiger partial charge in [-0.05, 0) is 31.9 Å². The molecular formula is C20H26N4O3. The molecule has 0 bridgehead atoms. The van der Waals surface area contributed by atoms with Crippen molar-refractivity contribution < 1.29 is 9.53 Å². The Hall–Kier alpha value is -2.96. The third-order valence-corrected chi connectivity index (χ3v) is 4.07. The second-order valence-electron chi connectivity index (χ2n) is 6.28. The lowest BCUT2D eigenvalue weighted by Crippen LogP contribution is -2.32. The number of H-pyrrole nitrogens is 1. The van der Waals surface area contributed by atoms with Crippen molar-refractivity contribution in [2.75, 3.05) is 6.61 Å². The molecule has 7 nitrogen and oxygen atoms in total. The van der Waals surface area contributed by atoms with Gasteiger partial charge in [0.15, 0.2) is 5.82 Å². The first kappa shape index (κ1) is 20.4. The molecule has 0 aliphatic rings. The largest absolute Gasteiger partial charge is 0.493 e. The highest BCUT2D eigenvalue weighted by atomic mass is 16.5. The molecule has 0 fully saturated rings. The number of carbonyl (C=O) groups is 1. The summed E-state index contributed by atoms with van der Waals surface area (Å²) in [6.07, 6.45) is 3.84. The topological polar surface area (TPSA) is 97.0 Å².